The molecule has 3 nitrogen and oxygen atoms in total. The summed E-state index contributed by atoms with van der Waals surface area (Å²) >= 11 is 1.16. The molecule has 2 aromatic carbocycles. The third-order valence-electron chi connectivity index (χ3n) is 3.41. The fraction of sp³-hybridized carbons (Fsp3) is 0.125. The smallest absolute Gasteiger partial charge is 0.266 e. The van der Waals surface area contributed by atoms with E-state index in [9.17, 15) is 13.6 Å². The average Bonchev–Trinajstić information content (AvgIpc) is 2.49. The summed E-state index contributed by atoms with van der Waals surface area (Å²) in [6.45, 7) is 1.84. The summed E-state index contributed by atoms with van der Waals surface area (Å²) in [7, 11) is 0. The molecule has 0 N–H and O–H groups in total. The number of halogens is 2. The molecule has 0 saturated heterocycles. The van der Waals surface area contributed by atoms with Gasteiger partial charge in [-0.1, -0.05) is 30.0 Å². The standard InChI is InChI=1S/C16H12F2N2OS/c1-9-5-3-6-10-13(9)19-16(22-2)20(15(10)21)14-11(17)7-4-8-12(14)18/h3-8H,1-2H3. The van der Waals surface area contributed by atoms with Crippen LogP contribution in [0.4, 0.5) is 8.78 Å². The Morgan fingerprint density at radius 3 is 2.36 bits per heavy atom. The van der Waals surface area contributed by atoms with Crippen LogP contribution in [0.1, 0.15) is 5.56 Å². The van der Waals surface area contributed by atoms with Gasteiger partial charge in [-0.15, -0.1) is 0 Å². The second kappa shape index (κ2) is 5.53. The van der Waals surface area contributed by atoms with Gasteiger partial charge in [-0.2, -0.15) is 0 Å². The molecule has 3 rings (SSSR count). The van der Waals surface area contributed by atoms with Crippen molar-refractivity contribution in [3.8, 4) is 5.69 Å². The summed E-state index contributed by atoms with van der Waals surface area (Å²) in [6.07, 6.45) is 1.71. The highest BCUT2D eigenvalue weighted by Gasteiger charge is 2.19. The summed E-state index contributed by atoms with van der Waals surface area (Å²) in [6, 6.07) is 8.67. The Kier molecular flexibility index (Phi) is 3.70. The zero-order valence-electron chi connectivity index (χ0n) is 11.9. The molecule has 0 saturated carbocycles. The predicted molar refractivity (Wildman–Crippen MR) is 83.8 cm³/mol. The van der Waals surface area contributed by atoms with E-state index in [0.717, 1.165) is 34.0 Å². The van der Waals surface area contributed by atoms with Gasteiger partial charge in [0.25, 0.3) is 5.56 Å². The molecular formula is C16H12F2N2OS. The van der Waals surface area contributed by atoms with Crippen molar-refractivity contribution >= 4 is 22.7 Å². The Morgan fingerprint density at radius 2 is 1.73 bits per heavy atom. The van der Waals surface area contributed by atoms with Crippen LogP contribution in [0.2, 0.25) is 0 Å². The third kappa shape index (κ3) is 2.20. The molecule has 6 heteroatoms. The molecule has 0 atom stereocenters. The van der Waals surface area contributed by atoms with Crippen LogP contribution in [0.5, 0.6) is 0 Å². The van der Waals surface area contributed by atoms with Gasteiger partial charge in [-0.3, -0.25) is 4.79 Å². The van der Waals surface area contributed by atoms with Crippen molar-refractivity contribution in [3.05, 3.63) is 63.9 Å². The van der Waals surface area contributed by atoms with Gasteiger partial charge in [-0.05, 0) is 36.9 Å². The van der Waals surface area contributed by atoms with Gasteiger partial charge in [0.2, 0.25) is 0 Å². The number of fused-ring (bicyclic) bond motifs is 1. The number of para-hydroxylation sites is 2. The Bertz CT molecular complexity index is 917. The number of aryl methyl sites for hydroxylation is 1. The van der Waals surface area contributed by atoms with Gasteiger partial charge in [0.05, 0.1) is 10.9 Å². The minimum absolute atomic E-state index is 0.246. The van der Waals surface area contributed by atoms with Crippen LogP contribution >= 0.6 is 11.8 Å². The molecule has 0 radical (unpaired) electrons. The minimum Gasteiger partial charge on any atom is -0.268 e. The topological polar surface area (TPSA) is 34.9 Å². The van der Waals surface area contributed by atoms with Crippen LogP contribution in [0.15, 0.2) is 46.3 Å². The SMILES string of the molecule is CSc1nc2c(C)cccc2c(=O)n1-c1c(F)cccc1F. The lowest BCUT2D eigenvalue weighted by Gasteiger charge is -2.14. The first-order chi connectivity index (χ1) is 10.5. The molecule has 0 amide bonds. The average molecular weight is 318 g/mol. The van der Waals surface area contributed by atoms with E-state index in [0.29, 0.717) is 10.9 Å². The lowest BCUT2D eigenvalue weighted by molar-refractivity contribution is 0.557. The molecule has 0 spiro atoms. The fourth-order valence-electron chi connectivity index (χ4n) is 2.37. The Hall–Kier alpha value is -2.21. The first kappa shape index (κ1) is 14.7. The number of rotatable bonds is 2. The number of benzene rings is 2. The van der Waals surface area contributed by atoms with E-state index >= 15 is 0 Å². The Balaban J connectivity index is 2.49. The van der Waals surface area contributed by atoms with E-state index in [1.165, 1.54) is 6.07 Å². The molecule has 22 heavy (non-hydrogen) atoms. The normalized spacial score (nSPS) is 11.1. The van der Waals surface area contributed by atoms with Crippen LogP contribution in [0.25, 0.3) is 16.6 Å². The zero-order valence-corrected chi connectivity index (χ0v) is 12.7. The molecule has 112 valence electrons. The lowest BCUT2D eigenvalue weighted by atomic mass is 10.1. The maximum Gasteiger partial charge on any atom is 0.266 e. The Morgan fingerprint density at radius 1 is 1.09 bits per heavy atom. The second-order valence-corrected chi connectivity index (χ2v) is 5.55. The highest BCUT2D eigenvalue weighted by molar-refractivity contribution is 7.98. The highest BCUT2D eigenvalue weighted by Crippen LogP contribution is 2.24. The van der Waals surface area contributed by atoms with Crippen LogP contribution in [0, 0.1) is 18.6 Å². The third-order valence-corrected chi connectivity index (χ3v) is 4.05. The van der Waals surface area contributed by atoms with E-state index < -0.39 is 22.9 Å². The molecular weight excluding hydrogens is 306 g/mol. The van der Waals surface area contributed by atoms with E-state index in [4.69, 9.17) is 0 Å². The van der Waals surface area contributed by atoms with Crippen LogP contribution in [-0.2, 0) is 0 Å². The first-order valence-electron chi connectivity index (χ1n) is 6.55. The number of thioether (sulfide) groups is 1. The highest BCUT2D eigenvalue weighted by atomic mass is 32.2. The number of aromatic nitrogens is 2. The van der Waals surface area contributed by atoms with Gasteiger partial charge in [0.15, 0.2) is 5.16 Å². The van der Waals surface area contributed by atoms with Crippen LogP contribution in [-0.4, -0.2) is 15.8 Å². The van der Waals surface area contributed by atoms with Gasteiger partial charge < -0.3 is 0 Å². The molecule has 0 bridgehead atoms. The number of hydrogen-bond acceptors (Lipinski definition) is 3. The molecule has 1 heterocycles. The maximum absolute atomic E-state index is 14.1. The molecule has 0 aliphatic heterocycles. The minimum atomic E-state index is -0.800. The fourth-order valence-corrected chi connectivity index (χ4v) is 2.91. The Labute approximate surface area is 129 Å². The summed E-state index contributed by atoms with van der Waals surface area (Å²) in [5.41, 5.74) is 0.505. The summed E-state index contributed by atoms with van der Waals surface area (Å²) in [4.78, 5) is 17.1. The zero-order chi connectivity index (χ0) is 15.9. The molecule has 0 unspecified atom stereocenters. The van der Waals surface area contributed by atoms with Crippen molar-refractivity contribution in [2.45, 2.75) is 12.1 Å². The molecule has 0 aliphatic rings. The van der Waals surface area contributed by atoms with Gasteiger partial charge in [-0.25, -0.2) is 18.3 Å². The molecule has 3 aromatic rings. The quantitative estimate of drug-likeness (QED) is 0.534. The number of nitrogens with zero attached hydrogens (tertiary/aromatic N) is 2. The second-order valence-electron chi connectivity index (χ2n) is 4.78. The maximum atomic E-state index is 14.1. The first-order valence-corrected chi connectivity index (χ1v) is 7.78. The van der Waals surface area contributed by atoms with Crippen molar-refractivity contribution in [2.75, 3.05) is 6.26 Å². The molecule has 1 aromatic heterocycles. The largest absolute Gasteiger partial charge is 0.268 e. The van der Waals surface area contributed by atoms with Gasteiger partial charge in [0, 0.05) is 0 Å². The molecule has 0 aliphatic carbocycles. The van der Waals surface area contributed by atoms with Crippen LogP contribution in [0.3, 0.4) is 0 Å². The summed E-state index contributed by atoms with van der Waals surface area (Å²) < 4.78 is 29.1. The van der Waals surface area contributed by atoms with Crippen molar-refractivity contribution in [1.82, 2.24) is 9.55 Å². The van der Waals surface area contributed by atoms with Crippen molar-refractivity contribution in [3.63, 3.8) is 0 Å². The van der Waals surface area contributed by atoms with Crippen molar-refractivity contribution in [2.24, 2.45) is 0 Å². The predicted octanol–water partition coefficient (Wildman–Crippen LogP) is 3.69. The van der Waals surface area contributed by atoms with E-state index in [1.54, 1.807) is 18.4 Å². The van der Waals surface area contributed by atoms with Crippen molar-refractivity contribution in [1.29, 1.82) is 0 Å². The van der Waals surface area contributed by atoms with Gasteiger partial charge in [0.1, 0.15) is 17.3 Å². The lowest BCUT2D eigenvalue weighted by Crippen LogP contribution is -2.23. The summed E-state index contributed by atoms with van der Waals surface area (Å²) in [5, 5.41) is 0.580. The van der Waals surface area contributed by atoms with E-state index in [-0.39, 0.29) is 5.16 Å². The van der Waals surface area contributed by atoms with E-state index in [1.807, 2.05) is 13.0 Å². The summed E-state index contributed by atoms with van der Waals surface area (Å²) in [5.74, 6) is -1.60. The van der Waals surface area contributed by atoms with E-state index in [2.05, 4.69) is 4.98 Å². The van der Waals surface area contributed by atoms with Gasteiger partial charge >= 0.3 is 0 Å². The molecule has 0 fully saturated rings. The van der Waals surface area contributed by atoms with Crippen LogP contribution < -0.4 is 5.56 Å². The van der Waals surface area contributed by atoms with Crippen molar-refractivity contribution < 1.29 is 8.78 Å². The monoisotopic (exact) mass is 318 g/mol. The number of hydrogen-bond donors (Lipinski definition) is 0.